The molecule has 0 aliphatic heterocycles. The number of Topliss-reactive ketones (excluding diaryl/α,β-unsaturated/α-hetero) is 1. The average molecular weight is 190 g/mol. The Morgan fingerprint density at radius 2 is 2.14 bits per heavy atom. The predicted molar refractivity (Wildman–Crippen MR) is 57.0 cm³/mol. The van der Waals surface area contributed by atoms with E-state index >= 15 is 0 Å². The van der Waals surface area contributed by atoms with Gasteiger partial charge < -0.3 is 0 Å². The van der Waals surface area contributed by atoms with Crippen molar-refractivity contribution in [1.82, 2.24) is 10.2 Å². The van der Waals surface area contributed by atoms with Gasteiger partial charge in [-0.15, -0.1) is 0 Å². The summed E-state index contributed by atoms with van der Waals surface area (Å²) in [5, 5.41) is 8.57. The second-order valence-electron chi connectivity index (χ2n) is 3.27. The molecule has 14 heavy (non-hydrogen) atoms. The van der Waals surface area contributed by atoms with Gasteiger partial charge in [0.1, 0.15) is 0 Å². The van der Waals surface area contributed by atoms with Crippen molar-refractivity contribution < 1.29 is 4.79 Å². The van der Waals surface area contributed by atoms with Gasteiger partial charge >= 0.3 is 0 Å². The van der Waals surface area contributed by atoms with Gasteiger partial charge in [-0.3, -0.25) is 9.89 Å². The van der Waals surface area contributed by atoms with Gasteiger partial charge in [0.2, 0.25) is 0 Å². The fraction of sp³-hybridized carbons (Fsp3) is 0.273. The molecule has 1 aromatic rings. The van der Waals surface area contributed by atoms with E-state index in [1.54, 1.807) is 19.9 Å². The number of allylic oxidation sites excluding steroid dienone is 2. The Kier molecular flexibility index (Phi) is 3.02. The number of ketones is 1. The Balaban J connectivity index is 3.13. The standard InChI is InChI=1S/C11H14N2O/c1-7(10(4)14)5-6-11-8(2)9(3)12-13-11/h5-6,13H,2H2,1,3-4H3/b7-5+,11-6+. The van der Waals surface area contributed by atoms with E-state index in [1.165, 1.54) is 0 Å². The van der Waals surface area contributed by atoms with E-state index in [-0.39, 0.29) is 5.78 Å². The SMILES string of the molecule is C=c1c(C)n[nH]/c1=C/C=C(\C)C(C)=O. The maximum Gasteiger partial charge on any atom is 0.155 e. The fourth-order valence-electron chi connectivity index (χ4n) is 0.937. The molecular weight excluding hydrogens is 176 g/mol. The monoisotopic (exact) mass is 190 g/mol. The van der Waals surface area contributed by atoms with Crippen LogP contribution in [0, 0.1) is 6.92 Å². The van der Waals surface area contributed by atoms with Gasteiger partial charge in [0.05, 0.1) is 11.0 Å². The van der Waals surface area contributed by atoms with E-state index in [9.17, 15) is 4.79 Å². The molecule has 3 heteroatoms. The fourth-order valence-corrected chi connectivity index (χ4v) is 0.937. The zero-order chi connectivity index (χ0) is 10.7. The number of aromatic amines is 1. The van der Waals surface area contributed by atoms with Crippen LogP contribution in [-0.2, 0) is 4.79 Å². The Morgan fingerprint density at radius 1 is 1.50 bits per heavy atom. The van der Waals surface area contributed by atoms with Crippen LogP contribution in [0.3, 0.4) is 0 Å². The van der Waals surface area contributed by atoms with Crippen molar-refractivity contribution >= 4 is 18.4 Å². The largest absolute Gasteiger partial charge is 0.295 e. The van der Waals surface area contributed by atoms with Crippen LogP contribution in [0.5, 0.6) is 0 Å². The Hall–Kier alpha value is -1.64. The second-order valence-corrected chi connectivity index (χ2v) is 3.27. The molecule has 0 fully saturated rings. The van der Waals surface area contributed by atoms with E-state index < -0.39 is 0 Å². The van der Waals surface area contributed by atoms with E-state index in [4.69, 9.17) is 0 Å². The van der Waals surface area contributed by atoms with E-state index in [0.717, 1.165) is 21.8 Å². The number of carbonyl (C=O) groups is 1. The molecule has 0 radical (unpaired) electrons. The molecular formula is C11H14N2O. The van der Waals surface area contributed by atoms with Crippen molar-refractivity contribution in [2.75, 3.05) is 0 Å². The van der Waals surface area contributed by atoms with Gasteiger partial charge in [0, 0.05) is 5.22 Å². The summed E-state index contributed by atoms with van der Waals surface area (Å²) >= 11 is 0. The van der Waals surface area contributed by atoms with Crippen molar-refractivity contribution in [2.24, 2.45) is 0 Å². The van der Waals surface area contributed by atoms with Gasteiger partial charge in [-0.25, -0.2) is 0 Å². The Bertz CT molecular complexity index is 480. The summed E-state index contributed by atoms with van der Waals surface area (Å²) in [6, 6.07) is 0. The smallest absolute Gasteiger partial charge is 0.155 e. The molecule has 0 bridgehead atoms. The lowest BCUT2D eigenvalue weighted by atomic mass is 10.2. The molecule has 3 nitrogen and oxygen atoms in total. The molecule has 0 unspecified atom stereocenters. The quantitative estimate of drug-likeness (QED) is 0.688. The lowest BCUT2D eigenvalue weighted by Gasteiger charge is -1.87. The molecule has 0 atom stereocenters. The van der Waals surface area contributed by atoms with E-state index in [2.05, 4.69) is 16.8 Å². The summed E-state index contributed by atoms with van der Waals surface area (Å²) in [4.78, 5) is 10.9. The van der Waals surface area contributed by atoms with Crippen LogP contribution < -0.4 is 10.6 Å². The number of hydrogen-bond acceptors (Lipinski definition) is 2. The molecule has 74 valence electrons. The minimum absolute atomic E-state index is 0.0723. The van der Waals surface area contributed by atoms with Gasteiger partial charge in [-0.2, -0.15) is 5.10 Å². The number of aromatic nitrogens is 2. The molecule has 0 aromatic carbocycles. The summed E-state index contributed by atoms with van der Waals surface area (Å²) in [7, 11) is 0. The third-order valence-electron chi connectivity index (χ3n) is 2.16. The summed E-state index contributed by atoms with van der Waals surface area (Å²) in [6.07, 6.45) is 3.59. The molecule has 0 saturated carbocycles. The van der Waals surface area contributed by atoms with Crippen molar-refractivity contribution in [1.29, 1.82) is 0 Å². The van der Waals surface area contributed by atoms with Crippen LogP contribution in [0.2, 0.25) is 0 Å². The molecule has 0 saturated heterocycles. The van der Waals surface area contributed by atoms with Crippen LogP contribution in [0.25, 0.3) is 12.7 Å². The Morgan fingerprint density at radius 3 is 2.57 bits per heavy atom. The van der Waals surface area contributed by atoms with Crippen LogP contribution in [0.15, 0.2) is 11.6 Å². The number of aryl methyl sites for hydroxylation is 1. The number of hydrogen-bond donors (Lipinski definition) is 1. The highest BCUT2D eigenvalue weighted by Crippen LogP contribution is 1.92. The first-order chi connectivity index (χ1) is 6.52. The molecule has 0 amide bonds. The first kappa shape index (κ1) is 10.4. The lowest BCUT2D eigenvalue weighted by molar-refractivity contribution is -0.113. The molecule has 0 spiro atoms. The van der Waals surface area contributed by atoms with E-state index in [0.29, 0.717) is 0 Å². The Labute approximate surface area is 82.8 Å². The molecule has 1 aromatic heterocycles. The normalized spacial score (nSPS) is 13.4. The van der Waals surface area contributed by atoms with Crippen molar-refractivity contribution in [2.45, 2.75) is 20.8 Å². The third-order valence-corrected chi connectivity index (χ3v) is 2.16. The number of carbonyl (C=O) groups excluding carboxylic acids is 1. The van der Waals surface area contributed by atoms with Crippen molar-refractivity contribution in [3.8, 4) is 0 Å². The van der Waals surface area contributed by atoms with Crippen molar-refractivity contribution in [3.63, 3.8) is 0 Å². The number of rotatable bonds is 2. The highest BCUT2D eigenvalue weighted by Gasteiger charge is 1.94. The van der Waals surface area contributed by atoms with E-state index in [1.807, 2.05) is 13.0 Å². The zero-order valence-electron chi connectivity index (χ0n) is 8.72. The van der Waals surface area contributed by atoms with Crippen LogP contribution in [-0.4, -0.2) is 16.0 Å². The maximum atomic E-state index is 10.9. The summed E-state index contributed by atoms with van der Waals surface area (Å²) in [5.74, 6) is 0.0723. The highest BCUT2D eigenvalue weighted by molar-refractivity contribution is 5.93. The van der Waals surface area contributed by atoms with Gasteiger partial charge in [0.15, 0.2) is 5.78 Å². The highest BCUT2D eigenvalue weighted by atomic mass is 16.1. The molecule has 1 heterocycles. The van der Waals surface area contributed by atoms with Crippen LogP contribution in [0.1, 0.15) is 19.5 Å². The zero-order valence-corrected chi connectivity index (χ0v) is 8.72. The molecule has 1 rings (SSSR count). The number of nitrogens with zero attached hydrogens (tertiary/aromatic N) is 1. The average Bonchev–Trinajstić information content (AvgIpc) is 2.44. The van der Waals surface area contributed by atoms with Crippen LogP contribution >= 0.6 is 0 Å². The summed E-state index contributed by atoms with van der Waals surface area (Å²) in [5.41, 5.74) is 1.60. The maximum absolute atomic E-state index is 10.9. The molecule has 1 N–H and O–H groups in total. The first-order valence-corrected chi connectivity index (χ1v) is 4.42. The van der Waals surface area contributed by atoms with Crippen LogP contribution in [0.4, 0.5) is 0 Å². The van der Waals surface area contributed by atoms with Gasteiger partial charge in [0.25, 0.3) is 0 Å². The summed E-state index contributed by atoms with van der Waals surface area (Å²) in [6.45, 7) is 9.08. The third kappa shape index (κ3) is 2.19. The molecule has 0 aliphatic rings. The topological polar surface area (TPSA) is 45.8 Å². The minimum atomic E-state index is 0.0723. The minimum Gasteiger partial charge on any atom is -0.295 e. The van der Waals surface area contributed by atoms with Crippen molar-refractivity contribution in [3.05, 3.63) is 27.9 Å². The number of H-pyrrole nitrogens is 1. The second kappa shape index (κ2) is 4.05. The summed E-state index contributed by atoms with van der Waals surface area (Å²) < 4.78 is 0. The first-order valence-electron chi connectivity index (χ1n) is 4.42. The predicted octanol–water partition coefficient (Wildman–Crippen LogP) is 0.444. The van der Waals surface area contributed by atoms with Gasteiger partial charge in [-0.1, -0.05) is 12.7 Å². The number of nitrogens with one attached hydrogen (secondary N) is 1. The van der Waals surface area contributed by atoms with Gasteiger partial charge in [-0.05, 0) is 32.4 Å². The molecule has 0 aliphatic carbocycles. The lowest BCUT2D eigenvalue weighted by Crippen LogP contribution is -2.21.